The van der Waals surface area contributed by atoms with E-state index in [1.807, 2.05) is 12.1 Å². The Morgan fingerprint density at radius 3 is 1.25 bits per heavy atom. The summed E-state index contributed by atoms with van der Waals surface area (Å²) in [6, 6.07) is 17.8. The van der Waals surface area contributed by atoms with Gasteiger partial charge in [-0.1, -0.05) is 36.4 Å². The highest BCUT2D eigenvalue weighted by Crippen LogP contribution is 2.62. The molecule has 0 spiro atoms. The van der Waals surface area contributed by atoms with Crippen molar-refractivity contribution in [3.8, 4) is 0 Å². The summed E-state index contributed by atoms with van der Waals surface area (Å²) in [5.74, 6) is -0.703. The third-order valence-electron chi connectivity index (χ3n) is 4.83. The van der Waals surface area contributed by atoms with E-state index >= 15 is 0 Å². The number of benzene rings is 2. The number of esters is 2. The summed E-state index contributed by atoms with van der Waals surface area (Å²) < 4.78 is 11.6. The van der Waals surface area contributed by atoms with Crippen LogP contribution in [0.3, 0.4) is 0 Å². The Bertz CT molecular complexity index is 691. The molecule has 0 heterocycles. The number of carbonyl (C=O) groups excluding carboxylic acids is 2. The predicted octanol–water partition coefficient (Wildman–Crippen LogP) is 3.77. The Morgan fingerprint density at radius 2 is 0.958 bits per heavy atom. The first-order valence-corrected chi connectivity index (χ1v) is 8.21. The standard InChI is InChI=1S/C20H18O4/c21-17(15-7-3-1-4-8-15)23-19(11-12-19)20(13-14-20)24-18(22)16-9-5-2-6-10-16/h1-10H,11-14H2. The molecule has 0 aromatic heterocycles. The zero-order valence-corrected chi connectivity index (χ0v) is 13.2. The van der Waals surface area contributed by atoms with E-state index in [1.54, 1.807) is 48.5 Å². The van der Waals surface area contributed by atoms with Gasteiger partial charge in [0, 0.05) is 0 Å². The van der Waals surface area contributed by atoms with Gasteiger partial charge in [0.25, 0.3) is 0 Å². The molecule has 122 valence electrons. The van der Waals surface area contributed by atoms with E-state index in [4.69, 9.17) is 9.47 Å². The fourth-order valence-corrected chi connectivity index (χ4v) is 3.15. The van der Waals surface area contributed by atoms with Crippen molar-refractivity contribution >= 4 is 11.9 Å². The third-order valence-corrected chi connectivity index (χ3v) is 4.83. The summed E-state index contributed by atoms with van der Waals surface area (Å²) in [7, 11) is 0. The highest BCUT2D eigenvalue weighted by Gasteiger charge is 2.71. The van der Waals surface area contributed by atoms with Gasteiger partial charge in [0.2, 0.25) is 0 Å². The largest absolute Gasteiger partial charge is 0.451 e. The van der Waals surface area contributed by atoms with Crippen LogP contribution in [-0.4, -0.2) is 23.1 Å². The van der Waals surface area contributed by atoms with Crippen LogP contribution >= 0.6 is 0 Å². The molecule has 4 heteroatoms. The van der Waals surface area contributed by atoms with Gasteiger partial charge in [0.15, 0.2) is 11.2 Å². The summed E-state index contributed by atoms with van der Waals surface area (Å²) in [6.07, 6.45) is 2.97. The average Bonchev–Trinajstić information content (AvgIpc) is 3.54. The van der Waals surface area contributed by atoms with Crippen LogP contribution < -0.4 is 0 Å². The van der Waals surface area contributed by atoms with E-state index in [-0.39, 0.29) is 11.9 Å². The minimum absolute atomic E-state index is 0.352. The molecule has 24 heavy (non-hydrogen) atoms. The van der Waals surface area contributed by atoms with E-state index in [0.29, 0.717) is 11.1 Å². The van der Waals surface area contributed by atoms with Gasteiger partial charge in [-0.25, -0.2) is 9.59 Å². The number of hydrogen-bond donors (Lipinski definition) is 0. The van der Waals surface area contributed by atoms with Gasteiger partial charge < -0.3 is 9.47 Å². The smallest absolute Gasteiger partial charge is 0.338 e. The van der Waals surface area contributed by atoms with Gasteiger partial charge in [-0.3, -0.25) is 0 Å². The maximum Gasteiger partial charge on any atom is 0.338 e. The van der Waals surface area contributed by atoms with Gasteiger partial charge in [-0.2, -0.15) is 0 Å². The fourth-order valence-electron chi connectivity index (χ4n) is 3.15. The first-order chi connectivity index (χ1) is 11.6. The fraction of sp³-hybridized carbons (Fsp3) is 0.300. The minimum atomic E-state index is -0.648. The van der Waals surface area contributed by atoms with Gasteiger partial charge >= 0.3 is 11.9 Å². The lowest BCUT2D eigenvalue weighted by atomic mass is 10.1. The molecular formula is C20H18O4. The molecule has 4 rings (SSSR count). The van der Waals surface area contributed by atoms with E-state index in [1.165, 1.54) is 0 Å². The zero-order valence-electron chi connectivity index (χ0n) is 13.2. The molecular weight excluding hydrogens is 304 g/mol. The van der Waals surface area contributed by atoms with Crippen molar-refractivity contribution in [1.82, 2.24) is 0 Å². The summed E-state index contributed by atoms with van der Waals surface area (Å²) in [6.45, 7) is 0. The molecule has 0 unspecified atom stereocenters. The summed E-state index contributed by atoms with van der Waals surface area (Å²) >= 11 is 0. The topological polar surface area (TPSA) is 52.6 Å². The lowest BCUT2D eigenvalue weighted by Crippen LogP contribution is -2.39. The second kappa shape index (κ2) is 5.48. The first-order valence-electron chi connectivity index (χ1n) is 8.21. The van der Waals surface area contributed by atoms with Crippen molar-refractivity contribution < 1.29 is 19.1 Å². The summed E-state index contributed by atoms with van der Waals surface area (Å²) in [5, 5.41) is 0. The Balaban J connectivity index is 1.48. The molecule has 2 saturated carbocycles. The number of rotatable bonds is 5. The quantitative estimate of drug-likeness (QED) is 0.786. The van der Waals surface area contributed by atoms with Crippen molar-refractivity contribution in [2.45, 2.75) is 36.9 Å². The maximum absolute atomic E-state index is 12.4. The van der Waals surface area contributed by atoms with Crippen LogP contribution in [0.5, 0.6) is 0 Å². The van der Waals surface area contributed by atoms with E-state index in [2.05, 4.69) is 0 Å². The van der Waals surface area contributed by atoms with Gasteiger partial charge in [-0.05, 0) is 49.9 Å². The molecule has 0 atom stereocenters. The van der Waals surface area contributed by atoms with Crippen molar-refractivity contribution in [2.75, 3.05) is 0 Å². The molecule has 2 aliphatic carbocycles. The van der Waals surface area contributed by atoms with Crippen LogP contribution in [0.4, 0.5) is 0 Å². The van der Waals surface area contributed by atoms with Crippen LogP contribution in [0.25, 0.3) is 0 Å². The molecule has 2 aliphatic rings. The number of ether oxygens (including phenoxy) is 2. The van der Waals surface area contributed by atoms with E-state index < -0.39 is 11.2 Å². The highest BCUT2D eigenvalue weighted by atomic mass is 16.6. The molecule has 0 saturated heterocycles. The monoisotopic (exact) mass is 322 g/mol. The van der Waals surface area contributed by atoms with Crippen molar-refractivity contribution in [2.24, 2.45) is 0 Å². The average molecular weight is 322 g/mol. The van der Waals surface area contributed by atoms with E-state index in [9.17, 15) is 9.59 Å². The van der Waals surface area contributed by atoms with Crippen molar-refractivity contribution in [1.29, 1.82) is 0 Å². The number of hydrogen-bond acceptors (Lipinski definition) is 4. The lowest BCUT2D eigenvalue weighted by Gasteiger charge is -2.27. The minimum Gasteiger partial charge on any atom is -0.451 e. The van der Waals surface area contributed by atoms with Crippen molar-refractivity contribution in [3.05, 3.63) is 71.8 Å². The molecule has 0 amide bonds. The maximum atomic E-state index is 12.4. The van der Waals surface area contributed by atoms with Crippen molar-refractivity contribution in [3.63, 3.8) is 0 Å². The second-order valence-electron chi connectivity index (χ2n) is 6.50. The normalized spacial score (nSPS) is 19.2. The molecule has 2 aromatic rings. The molecule has 0 aliphatic heterocycles. The molecule has 0 bridgehead atoms. The zero-order chi connectivity index (χ0) is 16.6. The lowest BCUT2D eigenvalue weighted by molar-refractivity contribution is -0.0611. The molecule has 2 aromatic carbocycles. The van der Waals surface area contributed by atoms with Crippen LogP contribution in [0, 0.1) is 0 Å². The van der Waals surface area contributed by atoms with Gasteiger partial charge in [0.05, 0.1) is 11.1 Å². The molecule has 4 nitrogen and oxygen atoms in total. The van der Waals surface area contributed by atoms with Gasteiger partial charge in [-0.15, -0.1) is 0 Å². The summed E-state index contributed by atoms with van der Waals surface area (Å²) in [5.41, 5.74) is -0.253. The SMILES string of the molecule is O=C(OC1(C2(OC(=O)c3ccccc3)CC2)CC1)c1ccccc1. The van der Waals surface area contributed by atoms with Gasteiger partial charge in [0.1, 0.15) is 0 Å². The predicted molar refractivity (Wildman–Crippen MR) is 87.6 cm³/mol. The Kier molecular flexibility index (Phi) is 3.41. The van der Waals surface area contributed by atoms with E-state index in [0.717, 1.165) is 25.7 Å². The van der Waals surface area contributed by atoms with Crippen LogP contribution in [0.2, 0.25) is 0 Å². The van der Waals surface area contributed by atoms with Crippen LogP contribution in [0.15, 0.2) is 60.7 Å². The van der Waals surface area contributed by atoms with Crippen LogP contribution in [0.1, 0.15) is 46.4 Å². The molecule has 0 N–H and O–H groups in total. The molecule has 2 fully saturated rings. The molecule has 0 radical (unpaired) electrons. The van der Waals surface area contributed by atoms with Crippen LogP contribution in [-0.2, 0) is 9.47 Å². The Hall–Kier alpha value is -2.62. The Labute approximate surface area is 140 Å². The summed E-state index contributed by atoms with van der Waals surface area (Å²) in [4.78, 5) is 24.7. The first kappa shape index (κ1) is 14.9. The second-order valence-corrected chi connectivity index (χ2v) is 6.50. The Morgan fingerprint density at radius 1 is 0.625 bits per heavy atom. The number of carbonyl (C=O) groups is 2. The highest BCUT2D eigenvalue weighted by molar-refractivity contribution is 5.91. The third kappa shape index (κ3) is 2.58.